The molecule has 0 radical (unpaired) electrons. The minimum atomic E-state index is 0.565. The summed E-state index contributed by atoms with van der Waals surface area (Å²) in [6, 6.07) is 4.22. The van der Waals surface area contributed by atoms with Crippen LogP contribution < -0.4 is 5.73 Å². The van der Waals surface area contributed by atoms with Crippen molar-refractivity contribution in [3.8, 4) is 0 Å². The van der Waals surface area contributed by atoms with E-state index in [0.717, 1.165) is 13.0 Å². The second-order valence-electron chi connectivity index (χ2n) is 2.44. The Labute approximate surface area is 89.9 Å². The van der Waals surface area contributed by atoms with Crippen molar-refractivity contribution in [2.45, 2.75) is 22.8 Å². The average molecular weight is 266 g/mol. The molecular weight excluding hydrogens is 254 g/mol. The van der Waals surface area contributed by atoms with Crippen molar-refractivity contribution in [2.24, 2.45) is 5.73 Å². The van der Waals surface area contributed by atoms with Crippen LogP contribution >= 0.6 is 39.0 Å². The predicted octanol–water partition coefficient (Wildman–Crippen LogP) is 3.34. The van der Waals surface area contributed by atoms with Crippen molar-refractivity contribution in [2.75, 3.05) is 6.54 Å². The van der Waals surface area contributed by atoms with Gasteiger partial charge in [-0.1, -0.05) is 6.92 Å². The van der Waals surface area contributed by atoms with Gasteiger partial charge in [0.05, 0.1) is 8.00 Å². The van der Waals surface area contributed by atoms with Crippen molar-refractivity contribution in [3.05, 3.63) is 15.9 Å². The van der Waals surface area contributed by atoms with E-state index in [2.05, 4.69) is 35.0 Å². The van der Waals surface area contributed by atoms with E-state index in [-0.39, 0.29) is 0 Å². The van der Waals surface area contributed by atoms with Crippen LogP contribution in [-0.4, -0.2) is 11.8 Å². The third kappa shape index (κ3) is 3.09. The monoisotopic (exact) mass is 265 g/mol. The summed E-state index contributed by atoms with van der Waals surface area (Å²) < 4.78 is 2.54. The summed E-state index contributed by atoms with van der Waals surface area (Å²) in [5.41, 5.74) is 5.61. The summed E-state index contributed by atoms with van der Waals surface area (Å²) in [5.74, 6) is 0. The largest absolute Gasteiger partial charge is 0.329 e. The minimum absolute atomic E-state index is 0.565. The fraction of sp³-hybridized carbons (Fsp3) is 0.500. The van der Waals surface area contributed by atoms with Gasteiger partial charge in [0.25, 0.3) is 0 Å². The normalized spacial score (nSPS) is 13.2. The molecule has 0 bridgehead atoms. The number of thiophene rings is 1. The van der Waals surface area contributed by atoms with E-state index in [0.29, 0.717) is 5.25 Å². The van der Waals surface area contributed by atoms with Gasteiger partial charge in [-0.25, -0.2) is 0 Å². The van der Waals surface area contributed by atoms with Crippen LogP contribution in [0, 0.1) is 0 Å². The molecule has 1 unspecified atom stereocenters. The average Bonchev–Trinajstić information content (AvgIpc) is 2.47. The SMILES string of the molecule is CCC(CN)Sc1ccc(Br)s1. The number of hydrogen-bond acceptors (Lipinski definition) is 3. The first-order chi connectivity index (χ1) is 5.76. The zero-order valence-electron chi connectivity index (χ0n) is 6.92. The third-order valence-electron chi connectivity index (χ3n) is 1.55. The number of nitrogens with two attached hydrogens (primary N) is 1. The Morgan fingerprint density at radius 3 is 2.83 bits per heavy atom. The van der Waals surface area contributed by atoms with Gasteiger partial charge in [-0.15, -0.1) is 23.1 Å². The fourth-order valence-electron chi connectivity index (χ4n) is 0.823. The van der Waals surface area contributed by atoms with E-state index in [1.54, 1.807) is 11.3 Å². The van der Waals surface area contributed by atoms with Crippen LogP contribution in [0.25, 0.3) is 0 Å². The van der Waals surface area contributed by atoms with Crippen LogP contribution in [-0.2, 0) is 0 Å². The molecule has 1 rings (SSSR count). The molecule has 12 heavy (non-hydrogen) atoms. The number of halogens is 1. The van der Waals surface area contributed by atoms with Gasteiger partial charge in [0, 0.05) is 11.8 Å². The second-order valence-corrected chi connectivity index (χ2v) is 6.51. The van der Waals surface area contributed by atoms with E-state index in [4.69, 9.17) is 5.73 Å². The smallest absolute Gasteiger partial charge is 0.0710 e. The summed E-state index contributed by atoms with van der Waals surface area (Å²) in [7, 11) is 0. The Hall–Kier alpha value is 0.490. The lowest BCUT2D eigenvalue weighted by atomic mass is 10.3. The van der Waals surface area contributed by atoms with E-state index in [1.165, 1.54) is 8.00 Å². The summed E-state index contributed by atoms with van der Waals surface area (Å²) in [4.78, 5) is 0. The molecule has 2 N–H and O–H groups in total. The summed E-state index contributed by atoms with van der Waals surface area (Å²) in [5, 5.41) is 0.565. The van der Waals surface area contributed by atoms with Gasteiger partial charge >= 0.3 is 0 Å². The number of thioether (sulfide) groups is 1. The zero-order chi connectivity index (χ0) is 8.97. The molecule has 0 amide bonds. The molecule has 0 aromatic carbocycles. The lowest BCUT2D eigenvalue weighted by Crippen LogP contribution is -2.14. The highest BCUT2D eigenvalue weighted by Gasteiger charge is 2.06. The van der Waals surface area contributed by atoms with Crippen molar-refractivity contribution >= 4 is 39.0 Å². The molecule has 68 valence electrons. The second kappa shape index (κ2) is 5.27. The molecule has 0 aliphatic rings. The summed E-state index contributed by atoms with van der Waals surface area (Å²) >= 11 is 7.08. The molecule has 1 atom stereocenters. The number of rotatable bonds is 4. The van der Waals surface area contributed by atoms with Gasteiger partial charge in [-0.3, -0.25) is 0 Å². The van der Waals surface area contributed by atoms with E-state index < -0.39 is 0 Å². The van der Waals surface area contributed by atoms with Gasteiger partial charge in [0.15, 0.2) is 0 Å². The molecule has 0 saturated heterocycles. The molecule has 0 aliphatic heterocycles. The third-order valence-corrected chi connectivity index (χ3v) is 4.73. The van der Waals surface area contributed by atoms with Gasteiger partial charge in [-0.05, 0) is 34.5 Å². The molecule has 4 heteroatoms. The molecule has 1 aromatic rings. The maximum absolute atomic E-state index is 5.61. The maximum atomic E-state index is 5.61. The van der Waals surface area contributed by atoms with Crippen molar-refractivity contribution in [1.29, 1.82) is 0 Å². The van der Waals surface area contributed by atoms with Gasteiger partial charge in [0.1, 0.15) is 0 Å². The van der Waals surface area contributed by atoms with Crippen LogP contribution in [0.4, 0.5) is 0 Å². The minimum Gasteiger partial charge on any atom is -0.329 e. The maximum Gasteiger partial charge on any atom is 0.0710 e. The van der Waals surface area contributed by atoms with E-state index in [1.807, 2.05) is 11.8 Å². The van der Waals surface area contributed by atoms with Crippen molar-refractivity contribution in [1.82, 2.24) is 0 Å². The summed E-state index contributed by atoms with van der Waals surface area (Å²) in [6.07, 6.45) is 1.14. The van der Waals surface area contributed by atoms with Crippen LogP contribution in [0.15, 0.2) is 20.1 Å². The highest BCUT2D eigenvalue weighted by molar-refractivity contribution is 9.11. The highest BCUT2D eigenvalue weighted by atomic mass is 79.9. The van der Waals surface area contributed by atoms with Crippen LogP contribution in [0.2, 0.25) is 0 Å². The predicted molar refractivity (Wildman–Crippen MR) is 61.0 cm³/mol. The number of hydrogen-bond donors (Lipinski definition) is 1. The first kappa shape index (κ1) is 10.6. The van der Waals surface area contributed by atoms with Gasteiger partial charge < -0.3 is 5.73 Å². The first-order valence-electron chi connectivity index (χ1n) is 3.88. The molecule has 1 nitrogen and oxygen atoms in total. The summed E-state index contributed by atoms with van der Waals surface area (Å²) in [6.45, 7) is 2.93. The quantitative estimate of drug-likeness (QED) is 0.846. The van der Waals surface area contributed by atoms with Crippen molar-refractivity contribution < 1.29 is 0 Å². The molecular formula is C8H12BrNS2. The van der Waals surface area contributed by atoms with Crippen LogP contribution in [0.1, 0.15) is 13.3 Å². The molecule has 0 spiro atoms. The fourth-order valence-corrected chi connectivity index (χ4v) is 3.87. The van der Waals surface area contributed by atoms with Crippen LogP contribution in [0.3, 0.4) is 0 Å². The lowest BCUT2D eigenvalue weighted by Gasteiger charge is -2.08. The Kier molecular flexibility index (Phi) is 4.64. The molecule has 1 heterocycles. The van der Waals surface area contributed by atoms with Gasteiger partial charge in [-0.2, -0.15) is 0 Å². The van der Waals surface area contributed by atoms with E-state index >= 15 is 0 Å². The molecule has 0 saturated carbocycles. The Morgan fingerprint density at radius 1 is 1.67 bits per heavy atom. The first-order valence-corrected chi connectivity index (χ1v) is 6.37. The van der Waals surface area contributed by atoms with Crippen molar-refractivity contribution in [3.63, 3.8) is 0 Å². The zero-order valence-corrected chi connectivity index (χ0v) is 10.1. The molecule has 0 fully saturated rings. The standard InChI is InChI=1S/C8H12BrNS2/c1-2-6(5-10)11-8-4-3-7(9)12-8/h3-4,6H,2,5,10H2,1H3. The van der Waals surface area contributed by atoms with Crippen LogP contribution in [0.5, 0.6) is 0 Å². The highest BCUT2D eigenvalue weighted by Crippen LogP contribution is 2.33. The Bertz CT molecular complexity index is 233. The Balaban J connectivity index is 2.50. The topological polar surface area (TPSA) is 26.0 Å². The molecule has 1 aromatic heterocycles. The molecule has 0 aliphatic carbocycles. The van der Waals surface area contributed by atoms with Gasteiger partial charge in [0.2, 0.25) is 0 Å². The Morgan fingerprint density at radius 2 is 2.42 bits per heavy atom. The lowest BCUT2D eigenvalue weighted by molar-refractivity contribution is 0.828. The van der Waals surface area contributed by atoms with E-state index in [9.17, 15) is 0 Å².